The molecule has 0 spiro atoms. The highest BCUT2D eigenvalue weighted by Gasteiger charge is 2.71. The molecule has 0 N–H and O–H groups in total. The summed E-state index contributed by atoms with van der Waals surface area (Å²) in [6.45, 7) is 5.35. The predicted octanol–water partition coefficient (Wildman–Crippen LogP) is 8.07. The molecule has 0 aromatic carbocycles. The molecule has 1 aliphatic heterocycles. The Kier molecular flexibility index (Phi) is 15.7. The molecule has 2 rings (SSSR count). The van der Waals surface area contributed by atoms with E-state index in [1.54, 1.807) is 0 Å². The highest BCUT2D eigenvalue weighted by Crippen LogP contribution is 2.52. The Morgan fingerprint density at radius 1 is 0.657 bits per heavy atom. The van der Waals surface area contributed by atoms with Crippen molar-refractivity contribution in [3.63, 3.8) is 0 Å². The van der Waals surface area contributed by atoms with Gasteiger partial charge in [0.25, 0.3) is 0 Å². The second kappa shape index (κ2) is 18.2. The van der Waals surface area contributed by atoms with E-state index in [9.17, 15) is 9.59 Å². The Labute approximate surface area is 215 Å². The van der Waals surface area contributed by atoms with Crippen LogP contribution >= 0.6 is 0 Å². The van der Waals surface area contributed by atoms with Crippen molar-refractivity contribution in [2.24, 2.45) is 5.92 Å². The topological polar surface area (TPSA) is 65.1 Å². The number of hydrogen-bond donors (Lipinski definition) is 0. The van der Waals surface area contributed by atoms with Crippen LogP contribution in [-0.2, 0) is 23.8 Å². The van der Waals surface area contributed by atoms with Gasteiger partial charge in [-0.05, 0) is 32.1 Å². The SMILES string of the molecule is CCCCCCCCCCCOC(=O)C1CCCC2OC21C(=O)OCCCCCCCCCCC. The lowest BCUT2D eigenvalue weighted by molar-refractivity contribution is -0.163. The van der Waals surface area contributed by atoms with Gasteiger partial charge in [0.2, 0.25) is 5.60 Å². The van der Waals surface area contributed by atoms with Crippen LogP contribution in [0.5, 0.6) is 0 Å². The Morgan fingerprint density at radius 3 is 1.63 bits per heavy atom. The maximum Gasteiger partial charge on any atom is 0.342 e. The van der Waals surface area contributed by atoms with Gasteiger partial charge in [-0.2, -0.15) is 0 Å². The third-order valence-corrected chi connectivity index (χ3v) is 7.81. The van der Waals surface area contributed by atoms with E-state index in [1.807, 2.05) is 0 Å². The van der Waals surface area contributed by atoms with Crippen LogP contribution in [0, 0.1) is 5.92 Å². The van der Waals surface area contributed by atoms with Crippen molar-refractivity contribution in [1.82, 2.24) is 0 Å². The quantitative estimate of drug-likeness (QED) is 0.0864. The first kappa shape index (κ1) is 30.1. The van der Waals surface area contributed by atoms with Crippen LogP contribution < -0.4 is 0 Å². The molecule has 0 radical (unpaired) electrons. The minimum atomic E-state index is -1.06. The van der Waals surface area contributed by atoms with E-state index in [2.05, 4.69) is 13.8 Å². The zero-order valence-corrected chi connectivity index (χ0v) is 23.0. The first-order valence-electron chi connectivity index (χ1n) is 15.2. The Bertz CT molecular complexity index is 577. The second-order valence-corrected chi connectivity index (χ2v) is 10.8. The van der Waals surface area contributed by atoms with Gasteiger partial charge in [0.15, 0.2) is 0 Å². The van der Waals surface area contributed by atoms with E-state index < -0.39 is 11.5 Å². The molecule has 204 valence electrons. The van der Waals surface area contributed by atoms with Gasteiger partial charge in [0.05, 0.1) is 25.2 Å². The van der Waals surface area contributed by atoms with Gasteiger partial charge < -0.3 is 14.2 Å². The fourth-order valence-electron chi connectivity index (χ4n) is 5.49. The normalized spacial score (nSPS) is 23.0. The van der Waals surface area contributed by atoms with Gasteiger partial charge in [-0.15, -0.1) is 0 Å². The molecular formula is C30H54O5. The van der Waals surface area contributed by atoms with Gasteiger partial charge in [-0.25, -0.2) is 4.79 Å². The summed E-state index contributed by atoms with van der Waals surface area (Å²) in [6, 6.07) is 0. The van der Waals surface area contributed by atoms with Crippen molar-refractivity contribution >= 4 is 11.9 Å². The van der Waals surface area contributed by atoms with Crippen LogP contribution in [0.25, 0.3) is 0 Å². The number of hydrogen-bond acceptors (Lipinski definition) is 5. The van der Waals surface area contributed by atoms with E-state index >= 15 is 0 Å². The monoisotopic (exact) mass is 494 g/mol. The van der Waals surface area contributed by atoms with Crippen LogP contribution in [0.15, 0.2) is 0 Å². The molecule has 35 heavy (non-hydrogen) atoms. The van der Waals surface area contributed by atoms with Crippen LogP contribution in [0.1, 0.15) is 149 Å². The summed E-state index contributed by atoms with van der Waals surface area (Å²) < 4.78 is 17.0. The zero-order chi connectivity index (χ0) is 25.2. The van der Waals surface area contributed by atoms with Gasteiger partial charge in [0, 0.05) is 0 Å². The number of carbonyl (C=O) groups is 2. The molecular weight excluding hydrogens is 440 g/mol. The average Bonchev–Trinajstić information content (AvgIpc) is 3.62. The summed E-state index contributed by atoms with van der Waals surface area (Å²) in [6.07, 6.45) is 24.3. The van der Waals surface area contributed by atoms with Gasteiger partial charge >= 0.3 is 11.9 Å². The maximum absolute atomic E-state index is 12.9. The van der Waals surface area contributed by atoms with E-state index in [-0.39, 0.29) is 18.0 Å². The minimum Gasteiger partial charge on any atom is -0.465 e. The van der Waals surface area contributed by atoms with Gasteiger partial charge in [0.1, 0.15) is 0 Å². The van der Waals surface area contributed by atoms with Crippen molar-refractivity contribution in [3.05, 3.63) is 0 Å². The van der Waals surface area contributed by atoms with E-state index in [0.29, 0.717) is 19.6 Å². The fraction of sp³-hybridized carbons (Fsp3) is 0.933. The summed E-state index contributed by atoms with van der Waals surface area (Å²) in [4.78, 5) is 25.7. The summed E-state index contributed by atoms with van der Waals surface area (Å²) in [5, 5.41) is 0. The summed E-state index contributed by atoms with van der Waals surface area (Å²) in [5.74, 6) is -1.12. The molecule has 0 bridgehead atoms. The molecule has 3 atom stereocenters. The molecule has 2 fully saturated rings. The standard InChI is InChI=1S/C30H54O5/c1-3-5-7-9-11-13-15-17-19-24-33-28(31)26-22-21-23-27-30(26,35-27)29(32)34-25-20-18-16-14-12-10-8-6-4-2/h26-27H,3-25H2,1-2H3. The Hall–Kier alpha value is -1.10. The predicted molar refractivity (Wildman–Crippen MR) is 141 cm³/mol. The average molecular weight is 495 g/mol. The number of rotatable bonds is 22. The third kappa shape index (κ3) is 10.8. The largest absolute Gasteiger partial charge is 0.465 e. The number of esters is 2. The summed E-state index contributed by atoms with van der Waals surface area (Å²) in [7, 11) is 0. The van der Waals surface area contributed by atoms with E-state index in [4.69, 9.17) is 14.2 Å². The molecule has 5 heteroatoms. The van der Waals surface area contributed by atoms with Crippen LogP contribution in [0.4, 0.5) is 0 Å². The van der Waals surface area contributed by atoms with Crippen molar-refractivity contribution in [2.75, 3.05) is 13.2 Å². The molecule has 1 saturated carbocycles. The molecule has 1 aliphatic carbocycles. The highest BCUT2D eigenvalue weighted by atomic mass is 16.7. The lowest BCUT2D eigenvalue weighted by Crippen LogP contribution is -2.44. The highest BCUT2D eigenvalue weighted by molar-refractivity contribution is 5.91. The number of epoxide rings is 1. The van der Waals surface area contributed by atoms with E-state index in [1.165, 1.54) is 89.9 Å². The lowest BCUT2D eigenvalue weighted by atomic mass is 9.79. The molecule has 0 aromatic rings. The van der Waals surface area contributed by atoms with Crippen LogP contribution in [0.3, 0.4) is 0 Å². The van der Waals surface area contributed by atoms with Crippen molar-refractivity contribution in [1.29, 1.82) is 0 Å². The third-order valence-electron chi connectivity index (χ3n) is 7.81. The maximum atomic E-state index is 12.9. The number of unbranched alkanes of at least 4 members (excludes halogenated alkanes) is 16. The second-order valence-electron chi connectivity index (χ2n) is 10.8. The van der Waals surface area contributed by atoms with Gasteiger partial charge in [-0.3, -0.25) is 4.79 Å². The van der Waals surface area contributed by atoms with Gasteiger partial charge in [-0.1, -0.05) is 117 Å². The smallest absolute Gasteiger partial charge is 0.342 e. The lowest BCUT2D eigenvalue weighted by Gasteiger charge is -2.25. The first-order valence-corrected chi connectivity index (χ1v) is 15.2. The molecule has 0 aromatic heterocycles. The fourth-order valence-corrected chi connectivity index (χ4v) is 5.49. The number of ether oxygens (including phenoxy) is 3. The molecule has 3 unspecified atom stereocenters. The number of carbonyl (C=O) groups excluding carboxylic acids is 2. The van der Waals surface area contributed by atoms with E-state index in [0.717, 1.165) is 38.5 Å². The Morgan fingerprint density at radius 2 is 1.11 bits per heavy atom. The molecule has 1 heterocycles. The minimum absolute atomic E-state index is 0.169. The zero-order valence-electron chi connectivity index (χ0n) is 23.0. The summed E-state index contributed by atoms with van der Waals surface area (Å²) >= 11 is 0. The Balaban J connectivity index is 1.57. The van der Waals surface area contributed by atoms with Crippen molar-refractivity contribution < 1.29 is 23.8 Å². The molecule has 5 nitrogen and oxygen atoms in total. The van der Waals surface area contributed by atoms with Crippen LogP contribution in [-0.4, -0.2) is 36.9 Å². The first-order chi connectivity index (χ1) is 17.2. The molecule has 1 saturated heterocycles. The molecule has 0 amide bonds. The van der Waals surface area contributed by atoms with Crippen molar-refractivity contribution in [2.45, 2.75) is 160 Å². The summed E-state index contributed by atoms with van der Waals surface area (Å²) in [5.41, 5.74) is -1.06. The van der Waals surface area contributed by atoms with Crippen LogP contribution in [0.2, 0.25) is 0 Å². The number of fused-ring (bicyclic) bond motifs is 1. The molecule has 2 aliphatic rings. The van der Waals surface area contributed by atoms with Crippen molar-refractivity contribution in [3.8, 4) is 0 Å².